The topological polar surface area (TPSA) is 103 Å². The number of amides is 1. The third kappa shape index (κ3) is 3.21. The van der Waals surface area contributed by atoms with E-state index < -0.39 is 11.9 Å². The molecule has 2 N–H and O–H groups in total. The summed E-state index contributed by atoms with van der Waals surface area (Å²) in [6.07, 6.45) is 0. The number of primary amides is 1. The van der Waals surface area contributed by atoms with Crippen LogP contribution in [-0.4, -0.2) is 53.3 Å². The zero-order chi connectivity index (χ0) is 13.8. The van der Waals surface area contributed by atoms with Crippen molar-refractivity contribution in [2.75, 3.05) is 31.3 Å². The monoisotopic (exact) mass is 287 g/mol. The van der Waals surface area contributed by atoms with Crippen LogP contribution in [0, 0.1) is 0 Å². The molecule has 2 heterocycles. The molecule has 1 atom stereocenters. The Morgan fingerprint density at radius 3 is 3.05 bits per heavy atom. The number of rotatable bonds is 4. The van der Waals surface area contributed by atoms with E-state index in [9.17, 15) is 4.79 Å². The highest BCUT2D eigenvalue weighted by Crippen LogP contribution is 2.19. The van der Waals surface area contributed by atoms with Crippen LogP contribution in [0.2, 0.25) is 5.28 Å². The van der Waals surface area contributed by atoms with Crippen LogP contribution in [0.4, 0.5) is 5.95 Å². The van der Waals surface area contributed by atoms with Gasteiger partial charge in [0.2, 0.25) is 17.1 Å². The van der Waals surface area contributed by atoms with Crippen molar-refractivity contribution in [3.8, 4) is 6.01 Å². The second-order valence-corrected chi connectivity index (χ2v) is 4.14. The Kier molecular flexibility index (Phi) is 4.33. The fourth-order valence-corrected chi connectivity index (χ4v) is 1.87. The highest BCUT2D eigenvalue weighted by molar-refractivity contribution is 6.28. The molecule has 104 valence electrons. The minimum atomic E-state index is -0.623. The molecule has 0 aliphatic carbocycles. The maximum absolute atomic E-state index is 11.4. The molecule has 1 aromatic heterocycles. The van der Waals surface area contributed by atoms with Crippen LogP contribution in [0.3, 0.4) is 0 Å². The molecule has 19 heavy (non-hydrogen) atoms. The average molecular weight is 288 g/mol. The predicted molar refractivity (Wildman–Crippen MR) is 67.2 cm³/mol. The van der Waals surface area contributed by atoms with Crippen LogP contribution in [-0.2, 0) is 9.53 Å². The molecule has 8 nitrogen and oxygen atoms in total. The van der Waals surface area contributed by atoms with Gasteiger partial charge in [0.1, 0.15) is 6.04 Å². The molecular weight excluding hydrogens is 274 g/mol. The summed E-state index contributed by atoms with van der Waals surface area (Å²) in [5.74, 6) is -0.246. The van der Waals surface area contributed by atoms with Gasteiger partial charge in [0.25, 0.3) is 0 Å². The Hall–Kier alpha value is -1.67. The number of anilines is 1. The third-order valence-corrected chi connectivity index (χ3v) is 2.73. The van der Waals surface area contributed by atoms with E-state index in [2.05, 4.69) is 15.0 Å². The Balaban J connectivity index is 2.30. The summed E-state index contributed by atoms with van der Waals surface area (Å²) in [4.78, 5) is 25.0. The number of hydrogen-bond acceptors (Lipinski definition) is 7. The molecular formula is C10H14ClN5O3. The number of ether oxygens (including phenoxy) is 2. The largest absolute Gasteiger partial charge is 0.464 e. The van der Waals surface area contributed by atoms with Gasteiger partial charge in [0.15, 0.2) is 0 Å². The summed E-state index contributed by atoms with van der Waals surface area (Å²) in [5.41, 5.74) is 5.33. The second kappa shape index (κ2) is 5.98. The van der Waals surface area contributed by atoms with E-state index in [1.807, 2.05) is 0 Å². The van der Waals surface area contributed by atoms with Crippen LogP contribution in [0.5, 0.6) is 6.01 Å². The minimum absolute atomic E-state index is 0.00293. The number of morpholine rings is 1. The molecule has 0 spiro atoms. The lowest BCUT2D eigenvalue weighted by molar-refractivity contribution is -0.121. The molecule has 1 aromatic rings. The van der Waals surface area contributed by atoms with Gasteiger partial charge in [-0.25, -0.2) is 0 Å². The molecule has 1 aliphatic rings. The maximum atomic E-state index is 11.4. The number of nitrogens with two attached hydrogens (primary N) is 1. The molecule has 0 radical (unpaired) electrons. The summed E-state index contributed by atoms with van der Waals surface area (Å²) in [7, 11) is 0. The van der Waals surface area contributed by atoms with Gasteiger partial charge in [-0.15, -0.1) is 0 Å². The number of aromatic nitrogens is 3. The van der Waals surface area contributed by atoms with Gasteiger partial charge in [-0.1, -0.05) is 0 Å². The van der Waals surface area contributed by atoms with Crippen molar-refractivity contribution in [1.82, 2.24) is 15.0 Å². The first-order valence-electron chi connectivity index (χ1n) is 5.80. The zero-order valence-electron chi connectivity index (χ0n) is 10.4. The third-order valence-electron chi connectivity index (χ3n) is 2.56. The van der Waals surface area contributed by atoms with E-state index in [1.54, 1.807) is 11.8 Å². The van der Waals surface area contributed by atoms with Gasteiger partial charge in [-0.3, -0.25) is 4.79 Å². The van der Waals surface area contributed by atoms with E-state index in [-0.39, 0.29) is 23.8 Å². The van der Waals surface area contributed by atoms with Gasteiger partial charge in [-0.2, -0.15) is 15.0 Å². The van der Waals surface area contributed by atoms with Gasteiger partial charge in [0.05, 0.1) is 19.8 Å². The number of halogens is 1. The van der Waals surface area contributed by atoms with E-state index in [0.29, 0.717) is 19.8 Å². The van der Waals surface area contributed by atoms with Gasteiger partial charge < -0.3 is 20.1 Å². The smallest absolute Gasteiger partial charge is 0.322 e. The SMILES string of the molecule is CCOc1nc(Cl)nc(N2CCOCC2C(N)=O)n1. The lowest BCUT2D eigenvalue weighted by atomic mass is 10.2. The number of carbonyl (C=O) groups excluding carboxylic acids is 1. The van der Waals surface area contributed by atoms with Crippen molar-refractivity contribution in [2.24, 2.45) is 5.73 Å². The summed E-state index contributed by atoms with van der Waals surface area (Å²) >= 11 is 5.82. The molecule has 1 aliphatic heterocycles. The molecule has 2 rings (SSSR count). The maximum Gasteiger partial charge on any atom is 0.322 e. The summed E-state index contributed by atoms with van der Waals surface area (Å²) in [5, 5.41) is 0.00293. The summed E-state index contributed by atoms with van der Waals surface area (Å²) in [6.45, 7) is 3.31. The Morgan fingerprint density at radius 2 is 2.37 bits per heavy atom. The molecule has 0 bridgehead atoms. The fourth-order valence-electron chi connectivity index (χ4n) is 1.72. The van der Waals surface area contributed by atoms with Crippen molar-refractivity contribution in [2.45, 2.75) is 13.0 Å². The van der Waals surface area contributed by atoms with Gasteiger partial charge >= 0.3 is 6.01 Å². The van der Waals surface area contributed by atoms with E-state index >= 15 is 0 Å². The molecule has 1 saturated heterocycles. The van der Waals surface area contributed by atoms with Crippen LogP contribution in [0.15, 0.2) is 0 Å². The average Bonchev–Trinajstić information content (AvgIpc) is 2.38. The quantitative estimate of drug-likeness (QED) is 0.804. The normalized spacial score (nSPS) is 19.3. The van der Waals surface area contributed by atoms with Crippen LogP contribution >= 0.6 is 11.6 Å². The fraction of sp³-hybridized carbons (Fsp3) is 0.600. The molecule has 9 heteroatoms. The van der Waals surface area contributed by atoms with Crippen molar-refractivity contribution in [1.29, 1.82) is 0 Å². The minimum Gasteiger partial charge on any atom is -0.464 e. The van der Waals surface area contributed by atoms with E-state index in [1.165, 1.54) is 0 Å². The highest BCUT2D eigenvalue weighted by Gasteiger charge is 2.30. The standard InChI is InChI=1S/C10H14ClN5O3/c1-2-19-10-14-8(11)13-9(15-10)16-3-4-18-5-6(16)7(12)17/h6H,2-5H2,1H3,(H2,12,17). The molecule has 0 aromatic carbocycles. The van der Waals surface area contributed by atoms with E-state index in [4.69, 9.17) is 26.8 Å². The number of carbonyl (C=O) groups is 1. The highest BCUT2D eigenvalue weighted by atomic mass is 35.5. The second-order valence-electron chi connectivity index (χ2n) is 3.81. The Morgan fingerprint density at radius 1 is 1.58 bits per heavy atom. The van der Waals surface area contributed by atoms with E-state index in [0.717, 1.165) is 0 Å². The Bertz CT molecular complexity index is 472. The summed E-state index contributed by atoms with van der Waals surface area (Å²) in [6, 6.07) is -0.506. The van der Waals surface area contributed by atoms with Crippen molar-refractivity contribution >= 4 is 23.5 Å². The molecule has 1 fully saturated rings. The molecule has 1 unspecified atom stereocenters. The first-order chi connectivity index (χ1) is 9.11. The summed E-state index contributed by atoms with van der Waals surface area (Å²) < 4.78 is 10.4. The lowest BCUT2D eigenvalue weighted by Gasteiger charge is -2.33. The molecule has 0 saturated carbocycles. The van der Waals surface area contributed by atoms with Crippen LogP contribution in [0.25, 0.3) is 0 Å². The first-order valence-corrected chi connectivity index (χ1v) is 6.17. The predicted octanol–water partition coefficient (Wildman–Crippen LogP) is -0.386. The van der Waals surface area contributed by atoms with Crippen molar-refractivity contribution in [3.63, 3.8) is 0 Å². The van der Waals surface area contributed by atoms with Crippen LogP contribution in [0.1, 0.15) is 6.92 Å². The van der Waals surface area contributed by atoms with Crippen molar-refractivity contribution in [3.05, 3.63) is 5.28 Å². The lowest BCUT2D eigenvalue weighted by Crippen LogP contribution is -2.53. The Labute approximate surface area is 114 Å². The van der Waals surface area contributed by atoms with Gasteiger partial charge in [-0.05, 0) is 18.5 Å². The molecule has 1 amide bonds. The van der Waals surface area contributed by atoms with Crippen LogP contribution < -0.4 is 15.4 Å². The zero-order valence-corrected chi connectivity index (χ0v) is 11.1. The van der Waals surface area contributed by atoms with Gasteiger partial charge in [0, 0.05) is 6.54 Å². The first kappa shape index (κ1) is 13.8. The van der Waals surface area contributed by atoms with Crippen molar-refractivity contribution < 1.29 is 14.3 Å². The number of nitrogens with zero attached hydrogens (tertiary/aromatic N) is 4. The number of hydrogen-bond donors (Lipinski definition) is 1.